The third-order valence-corrected chi connectivity index (χ3v) is 5.33. The van der Waals surface area contributed by atoms with E-state index < -0.39 is 0 Å². The van der Waals surface area contributed by atoms with Gasteiger partial charge in [0.15, 0.2) is 11.6 Å². The molecule has 6 nitrogen and oxygen atoms in total. The van der Waals surface area contributed by atoms with Gasteiger partial charge in [-0.05, 0) is 18.9 Å². The Kier molecular flexibility index (Phi) is 3.97. The number of nitrogens with zero attached hydrogens (tertiary/aromatic N) is 3. The van der Waals surface area contributed by atoms with Crippen LogP contribution in [0.1, 0.15) is 30.9 Å². The lowest BCUT2D eigenvalue weighted by Gasteiger charge is -2.32. The summed E-state index contributed by atoms with van der Waals surface area (Å²) in [6, 6.07) is 17.3. The number of carbonyl (C=O) groups excluding carboxylic acids is 1. The second-order valence-electron chi connectivity index (χ2n) is 7.01. The van der Waals surface area contributed by atoms with Crippen molar-refractivity contribution < 1.29 is 9.53 Å². The number of benzene rings is 2. The number of anilines is 1. The van der Waals surface area contributed by atoms with Crippen LogP contribution in [0.2, 0.25) is 0 Å². The second-order valence-corrected chi connectivity index (χ2v) is 7.01. The summed E-state index contributed by atoms with van der Waals surface area (Å²) in [6.07, 6.45) is 2.24. The summed E-state index contributed by atoms with van der Waals surface area (Å²) in [5.74, 6) is 2.19. The van der Waals surface area contributed by atoms with Crippen molar-refractivity contribution in [3.05, 3.63) is 71.4 Å². The van der Waals surface area contributed by atoms with Crippen molar-refractivity contribution in [2.75, 3.05) is 12.4 Å². The SMILES string of the molecule is COc1ccccc1C1C2=C(CCCC2=O)Nc2nc(-c3ccccc3)nn21. The second kappa shape index (κ2) is 6.64. The number of Topliss-reactive ketones (excluding diaryl/α,β-unsaturated/α-hetero) is 1. The number of para-hydroxylation sites is 1. The van der Waals surface area contributed by atoms with Gasteiger partial charge in [-0.2, -0.15) is 4.98 Å². The Morgan fingerprint density at radius 1 is 1.07 bits per heavy atom. The fraction of sp³-hybridized carbons (Fsp3) is 0.227. The number of carbonyl (C=O) groups is 1. The number of ketones is 1. The molecule has 1 aliphatic carbocycles. The zero-order valence-corrected chi connectivity index (χ0v) is 15.6. The Bertz CT molecular complexity index is 1080. The number of rotatable bonds is 3. The van der Waals surface area contributed by atoms with Crippen LogP contribution < -0.4 is 10.1 Å². The fourth-order valence-electron chi connectivity index (χ4n) is 4.05. The summed E-state index contributed by atoms with van der Waals surface area (Å²) in [5, 5.41) is 8.14. The summed E-state index contributed by atoms with van der Waals surface area (Å²) in [6.45, 7) is 0. The van der Waals surface area contributed by atoms with E-state index in [1.807, 2.05) is 59.3 Å². The Labute approximate surface area is 162 Å². The first-order chi connectivity index (χ1) is 13.8. The summed E-state index contributed by atoms with van der Waals surface area (Å²) < 4.78 is 7.43. The average Bonchev–Trinajstić information content (AvgIpc) is 3.17. The number of allylic oxidation sites excluding steroid dienone is 2. The van der Waals surface area contributed by atoms with E-state index in [0.717, 1.165) is 41.0 Å². The van der Waals surface area contributed by atoms with Gasteiger partial charge in [-0.25, -0.2) is 4.68 Å². The zero-order chi connectivity index (χ0) is 19.1. The maximum atomic E-state index is 12.9. The average molecular weight is 372 g/mol. The summed E-state index contributed by atoms with van der Waals surface area (Å²) in [4.78, 5) is 17.6. The third kappa shape index (κ3) is 2.60. The van der Waals surface area contributed by atoms with Gasteiger partial charge >= 0.3 is 0 Å². The molecule has 1 atom stereocenters. The molecule has 140 valence electrons. The van der Waals surface area contributed by atoms with E-state index in [-0.39, 0.29) is 11.8 Å². The summed E-state index contributed by atoms with van der Waals surface area (Å²) in [5.41, 5.74) is 3.58. The molecule has 1 N–H and O–H groups in total. The Morgan fingerprint density at radius 2 is 1.86 bits per heavy atom. The van der Waals surface area contributed by atoms with Crippen LogP contribution in [0.3, 0.4) is 0 Å². The predicted octanol–water partition coefficient (Wildman–Crippen LogP) is 3.98. The van der Waals surface area contributed by atoms with E-state index in [2.05, 4.69) is 5.32 Å². The molecule has 0 radical (unpaired) electrons. The monoisotopic (exact) mass is 372 g/mol. The molecule has 0 bridgehead atoms. The van der Waals surface area contributed by atoms with Gasteiger partial charge in [-0.15, -0.1) is 5.10 Å². The highest BCUT2D eigenvalue weighted by Gasteiger charge is 2.38. The molecule has 2 heterocycles. The highest BCUT2D eigenvalue weighted by Crippen LogP contribution is 2.43. The van der Waals surface area contributed by atoms with E-state index in [9.17, 15) is 4.79 Å². The molecule has 0 fully saturated rings. The van der Waals surface area contributed by atoms with Gasteiger partial charge in [0.25, 0.3) is 0 Å². The molecule has 0 spiro atoms. The zero-order valence-electron chi connectivity index (χ0n) is 15.6. The van der Waals surface area contributed by atoms with E-state index in [4.69, 9.17) is 14.8 Å². The van der Waals surface area contributed by atoms with Crippen molar-refractivity contribution in [2.24, 2.45) is 0 Å². The van der Waals surface area contributed by atoms with Crippen LogP contribution in [-0.2, 0) is 4.79 Å². The molecule has 0 amide bonds. The number of methoxy groups -OCH3 is 1. The normalized spacial score (nSPS) is 18.3. The van der Waals surface area contributed by atoms with E-state index in [1.165, 1.54) is 0 Å². The predicted molar refractivity (Wildman–Crippen MR) is 106 cm³/mol. The van der Waals surface area contributed by atoms with Crippen LogP contribution in [0.4, 0.5) is 5.95 Å². The van der Waals surface area contributed by atoms with E-state index in [0.29, 0.717) is 18.2 Å². The lowest BCUT2D eigenvalue weighted by molar-refractivity contribution is -0.116. The van der Waals surface area contributed by atoms with Gasteiger partial charge in [0, 0.05) is 28.8 Å². The molecule has 6 heteroatoms. The first kappa shape index (κ1) is 16.7. The molecule has 2 aliphatic rings. The van der Waals surface area contributed by atoms with Gasteiger partial charge < -0.3 is 10.1 Å². The van der Waals surface area contributed by atoms with Crippen molar-refractivity contribution in [1.82, 2.24) is 14.8 Å². The van der Waals surface area contributed by atoms with Crippen LogP contribution in [0.5, 0.6) is 5.75 Å². The molecule has 28 heavy (non-hydrogen) atoms. The van der Waals surface area contributed by atoms with Crippen LogP contribution in [0.15, 0.2) is 65.9 Å². The lowest BCUT2D eigenvalue weighted by Crippen LogP contribution is -2.31. The maximum Gasteiger partial charge on any atom is 0.226 e. The molecular formula is C22H20N4O2. The third-order valence-electron chi connectivity index (χ3n) is 5.33. The highest BCUT2D eigenvalue weighted by atomic mass is 16.5. The van der Waals surface area contributed by atoms with E-state index >= 15 is 0 Å². The maximum absolute atomic E-state index is 12.9. The summed E-state index contributed by atoms with van der Waals surface area (Å²) in [7, 11) is 1.65. The highest BCUT2D eigenvalue weighted by molar-refractivity contribution is 5.99. The van der Waals surface area contributed by atoms with Gasteiger partial charge in [0.05, 0.1) is 7.11 Å². The number of hydrogen-bond acceptors (Lipinski definition) is 5. The minimum atomic E-state index is -0.347. The van der Waals surface area contributed by atoms with Gasteiger partial charge in [-0.3, -0.25) is 4.79 Å². The van der Waals surface area contributed by atoms with Crippen molar-refractivity contribution in [2.45, 2.75) is 25.3 Å². The van der Waals surface area contributed by atoms with Gasteiger partial charge in [-0.1, -0.05) is 48.5 Å². The molecule has 0 saturated heterocycles. The van der Waals surface area contributed by atoms with Crippen LogP contribution >= 0.6 is 0 Å². The molecule has 1 aliphatic heterocycles. The van der Waals surface area contributed by atoms with E-state index in [1.54, 1.807) is 7.11 Å². The minimum Gasteiger partial charge on any atom is -0.496 e. The standard InChI is InChI=1S/C22H20N4O2/c1-28-18-13-6-5-10-15(18)20-19-16(11-7-12-17(19)27)23-22-24-21(25-26(20)22)14-8-3-2-4-9-14/h2-6,8-10,13,20H,7,11-12H2,1H3,(H,23,24,25). The summed E-state index contributed by atoms with van der Waals surface area (Å²) >= 11 is 0. The molecular weight excluding hydrogens is 352 g/mol. The smallest absolute Gasteiger partial charge is 0.226 e. The molecule has 1 unspecified atom stereocenters. The number of fused-ring (bicyclic) bond motifs is 1. The van der Waals surface area contributed by atoms with Crippen molar-refractivity contribution >= 4 is 11.7 Å². The first-order valence-electron chi connectivity index (χ1n) is 9.44. The van der Waals surface area contributed by atoms with Gasteiger partial charge in [0.2, 0.25) is 5.95 Å². The van der Waals surface area contributed by atoms with Crippen LogP contribution in [0.25, 0.3) is 11.4 Å². The fourth-order valence-corrected chi connectivity index (χ4v) is 4.05. The molecule has 3 aromatic rings. The molecule has 1 aromatic heterocycles. The Hall–Kier alpha value is -3.41. The Balaban J connectivity index is 1.72. The number of hydrogen-bond donors (Lipinski definition) is 1. The first-order valence-corrected chi connectivity index (χ1v) is 9.44. The molecule has 2 aromatic carbocycles. The van der Waals surface area contributed by atoms with Crippen molar-refractivity contribution in [3.8, 4) is 17.1 Å². The van der Waals surface area contributed by atoms with Gasteiger partial charge in [0.1, 0.15) is 11.8 Å². The minimum absolute atomic E-state index is 0.159. The number of ether oxygens (including phenoxy) is 1. The number of aromatic nitrogens is 3. The topological polar surface area (TPSA) is 69.0 Å². The Morgan fingerprint density at radius 3 is 2.68 bits per heavy atom. The van der Waals surface area contributed by atoms with Crippen LogP contribution in [-0.4, -0.2) is 27.7 Å². The van der Waals surface area contributed by atoms with Crippen molar-refractivity contribution in [3.63, 3.8) is 0 Å². The largest absolute Gasteiger partial charge is 0.496 e. The lowest BCUT2D eigenvalue weighted by atomic mass is 9.85. The van der Waals surface area contributed by atoms with Crippen LogP contribution in [0, 0.1) is 0 Å². The molecule has 5 rings (SSSR count). The number of nitrogens with one attached hydrogen (secondary N) is 1. The molecule has 0 saturated carbocycles. The quantitative estimate of drug-likeness (QED) is 0.753. The van der Waals surface area contributed by atoms with Crippen molar-refractivity contribution in [1.29, 1.82) is 0 Å².